The lowest BCUT2D eigenvalue weighted by atomic mass is 9.67. The quantitative estimate of drug-likeness (QED) is 0.520. The van der Waals surface area contributed by atoms with Crippen LogP contribution >= 0.6 is 11.3 Å². The lowest BCUT2D eigenvalue weighted by molar-refractivity contribution is -0.150. The van der Waals surface area contributed by atoms with Gasteiger partial charge in [0.05, 0.1) is 43.8 Å². The number of nitrogens with one attached hydrogen (secondary N) is 1. The predicted octanol–water partition coefficient (Wildman–Crippen LogP) is 3.16. The molecule has 2 heterocycles. The highest BCUT2D eigenvalue weighted by Crippen LogP contribution is 2.49. The van der Waals surface area contributed by atoms with Gasteiger partial charge < -0.3 is 19.5 Å². The zero-order valence-corrected chi connectivity index (χ0v) is 19.4. The van der Waals surface area contributed by atoms with E-state index >= 15 is 0 Å². The first-order valence-electron chi connectivity index (χ1n) is 10.1. The first kappa shape index (κ1) is 23.5. The summed E-state index contributed by atoms with van der Waals surface area (Å²) < 4.78 is 15.3. The molecular formula is C23H26N2O6S. The van der Waals surface area contributed by atoms with Gasteiger partial charge in [0.15, 0.2) is 5.69 Å². The summed E-state index contributed by atoms with van der Waals surface area (Å²) in [5, 5.41) is 5.34. The molecule has 1 aromatic heterocycles. The number of hydrogen-bond donors (Lipinski definition) is 1. The zero-order valence-electron chi connectivity index (χ0n) is 18.6. The van der Waals surface area contributed by atoms with Gasteiger partial charge in [0.2, 0.25) is 0 Å². The highest BCUT2D eigenvalue weighted by Gasteiger charge is 2.54. The maximum absolute atomic E-state index is 13.2. The molecule has 170 valence electrons. The third-order valence-electron chi connectivity index (χ3n) is 5.62. The van der Waals surface area contributed by atoms with E-state index in [2.05, 4.69) is 10.3 Å². The fourth-order valence-corrected chi connectivity index (χ4v) is 5.12. The van der Waals surface area contributed by atoms with Gasteiger partial charge in [-0.15, -0.1) is 11.3 Å². The van der Waals surface area contributed by atoms with E-state index in [0.717, 1.165) is 5.56 Å². The Bertz CT molecular complexity index is 1050. The van der Waals surface area contributed by atoms with Gasteiger partial charge in [0, 0.05) is 11.1 Å². The summed E-state index contributed by atoms with van der Waals surface area (Å²) in [6.45, 7) is 5.56. The van der Waals surface area contributed by atoms with Crippen molar-refractivity contribution in [1.29, 1.82) is 0 Å². The standard InChI is InChI=1S/C23H26N2O6S/c1-6-31-20(26)15-12-32-19(24-15)17-16(21(27)29-4)13(2)25-23(3,18(17)22(28)30-5)14-10-8-7-9-11-14/h7-12,17-18,25H,6H2,1-5H3. The Labute approximate surface area is 190 Å². The molecule has 1 aliphatic heterocycles. The van der Waals surface area contributed by atoms with Crippen LogP contribution in [0, 0.1) is 5.92 Å². The topological polar surface area (TPSA) is 104 Å². The highest BCUT2D eigenvalue weighted by molar-refractivity contribution is 7.10. The van der Waals surface area contributed by atoms with Crippen LogP contribution in [0.4, 0.5) is 0 Å². The lowest BCUT2D eigenvalue weighted by Crippen LogP contribution is -2.55. The van der Waals surface area contributed by atoms with E-state index < -0.39 is 35.3 Å². The molecule has 1 aliphatic rings. The Morgan fingerprint density at radius 3 is 2.41 bits per heavy atom. The van der Waals surface area contributed by atoms with Gasteiger partial charge in [-0.1, -0.05) is 30.3 Å². The van der Waals surface area contributed by atoms with Crippen molar-refractivity contribution in [3.63, 3.8) is 0 Å². The predicted molar refractivity (Wildman–Crippen MR) is 118 cm³/mol. The maximum atomic E-state index is 13.2. The number of carbonyl (C=O) groups excluding carboxylic acids is 3. The van der Waals surface area contributed by atoms with Crippen LogP contribution in [0.15, 0.2) is 47.0 Å². The number of ether oxygens (including phenoxy) is 3. The van der Waals surface area contributed by atoms with Crippen molar-refractivity contribution in [2.45, 2.75) is 32.2 Å². The molecule has 0 bridgehead atoms. The SMILES string of the molecule is CCOC(=O)c1csc(C2C(C(=O)OC)=C(C)NC(C)(c3ccccc3)C2C(=O)OC)n1. The summed E-state index contributed by atoms with van der Waals surface area (Å²) in [6.07, 6.45) is 0. The number of aromatic nitrogens is 1. The average Bonchev–Trinajstić information content (AvgIpc) is 3.28. The van der Waals surface area contributed by atoms with Crippen LogP contribution < -0.4 is 5.32 Å². The van der Waals surface area contributed by atoms with E-state index in [4.69, 9.17) is 14.2 Å². The molecular weight excluding hydrogens is 432 g/mol. The van der Waals surface area contributed by atoms with Crippen LogP contribution in [0.1, 0.15) is 47.7 Å². The molecule has 2 aromatic rings. The number of carbonyl (C=O) groups is 3. The molecule has 3 rings (SSSR count). The van der Waals surface area contributed by atoms with Crippen molar-refractivity contribution < 1.29 is 28.6 Å². The Morgan fingerprint density at radius 1 is 1.12 bits per heavy atom. The minimum atomic E-state index is -0.920. The van der Waals surface area contributed by atoms with Gasteiger partial charge in [0.25, 0.3) is 0 Å². The fourth-order valence-electron chi connectivity index (χ4n) is 4.19. The van der Waals surface area contributed by atoms with E-state index in [1.54, 1.807) is 19.2 Å². The summed E-state index contributed by atoms with van der Waals surface area (Å²) in [7, 11) is 2.59. The number of methoxy groups -OCH3 is 2. The van der Waals surface area contributed by atoms with Crippen molar-refractivity contribution in [2.75, 3.05) is 20.8 Å². The normalized spacial score (nSPS) is 22.7. The smallest absolute Gasteiger partial charge is 0.357 e. The van der Waals surface area contributed by atoms with Gasteiger partial charge in [0.1, 0.15) is 5.01 Å². The van der Waals surface area contributed by atoms with Crippen LogP contribution in [0.2, 0.25) is 0 Å². The van der Waals surface area contributed by atoms with E-state index in [1.165, 1.54) is 25.6 Å². The van der Waals surface area contributed by atoms with Gasteiger partial charge in [-0.05, 0) is 26.3 Å². The summed E-state index contributed by atoms with van der Waals surface area (Å²) in [6, 6.07) is 9.45. The summed E-state index contributed by atoms with van der Waals surface area (Å²) >= 11 is 1.18. The fraction of sp³-hybridized carbons (Fsp3) is 0.391. The minimum Gasteiger partial charge on any atom is -0.469 e. The summed E-state index contributed by atoms with van der Waals surface area (Å²) in [5.41, 5.74) is 0.863. The summed E-state index contributed by atoms with van der Waals surface area (Å²) in [5.74, 6) is -3.33. The van der Waals surface area contributed by atoms with Gasteiger partial charge in [-0.2, -0.15) is 0 Å². The number of rotatable bonds is 6. The highest BCUT2D eigenvalue weighted by atomic mass is 32.1. The number of esters is 3. The van der Waals surface area contributed by atoms with Crippen molar-refractivity contribution >= 4 is 29.2 Å². The van der Waals surface area contributed by atoms with Crippen LogP contribution in [-0.2, 0) is 29.3 Å². The van der Waals surface area contributed by atoms with Gasteiger partial charge in [-0.3, -0.25) is 4.79 Å². The molecule has 0 aliphatic carbocycles. The second-order valence-corrected chi connectivity index (χ2v) is 8.38. The molecule has 3 atom stereocenters. The molecule has 9 heteroatoms. The van der Waals surface area contributed by atoms with Crippen molar-refractivity contribution in [3.05, 3.63) is 63.2 Å². The Kier molecular flexibility index (Phi) is 6.98. The van der Waals surface area contributed by atoms with Gasteiger partial charge >= 0.3 is 17.9 Å². The van der Waals surface area contributed by atoms with E-state index in [-0.39, 0.29) is 17.9 Å². The number of nitrogens with zero attached hydrogens (tertiary/aromatic N) is 1. The zero-order chi connectivity index (χ0) is 23.5. The van der Waals surface area contributed by atoms with Crippen molar-refractivity contribution in [2.24, 2.45) is 5.92 Å². The third-order valence-corrected chi connectivity index (χ3v) is 6.55. The second kappa shape index (κ2) is 9.52. The molecule has 0 radical (unpaired) electrons. The molecule has 0 saturated heterocycles. The van der Waals surface area contributed by atoms with Crippen LogP contribution in [-0.4, -0.2) is 43.7 Å². The monoisotopic (exact) mass is 458 g/mol. The van der Waals surface area contributed by atoms with Crippen LogP contribution in [0.25, 0.3) is 0 Å². The largest absolute Gasteiger partial charge is 0.469 e. The number of hydrogen-bond acceptors (Lipinski definition) is 9. The van der Waals surface area contributed by atoms with E-state index in [1.807, 2.05) is 37.3 Å². The third kappa shape index (κ3) is 4.12. The first-order chi connectivity index (χ1) is 15.3. The molecule has 0 saturated carbocycles. The molecule has 3 unspecified atom stereocenters. The molecule has 32 heavy (non-hydrogen) atoms. The molecule has 0 fully saturated rings. The van der Waals surface area contributed by atoms with Crippen LogP contribution in [0.3, 0.4) is 0 Å². The minimum absolute atomic E-state index is 0.122. The number of benzene rings is 1. The van der Waals surface area contributed by atoms with E-state index in [0.29, 0.717) is 10.7 Å². The Balaban J connectivity index is 2.25. The first-order valence-corrected chi connectivity index (χ1v) is 11.0. The van der Waals surface area contributed by atoms with Crippen molar-refractivity contribution in [1.82, 2.24) is 10.3 Å². The molecule has 0 amide bonds. The van der Waals surface area contributed by atoms with Gasteiger partial charge in [-0.25, -0.2) is 14.6 Å². The average molecular weight is 459 g/mol. The van der Waals surface area contributed by atoms with Crippen molar-refractivity contribution in [3.8, 4) is 0 Å². The molecule has 8 nitrogen and oxygen atoms in total. The summed E-state index contributed by atoms with van der Waals surface area (Å²) in [4.78, 5) is 42.7. The molecule has 1 N–H and O–H groups in total. The maximum Gasteiger partial charge on any atom is 0.357 e. The lowest BCUT2D eigenvalue weighted by Gasteiger charge is -2.46. The second-order valence-electron chi connectivity index (χ2n) is 7.49. The van der Waals surface area contributed by atoms with E-state index in [9.17, 15) is 14.4 Å². The number of thiazole rings is 1. The Hall–Kier alpha value is -3.20. The molecule has 1 aromatic carbocycles. The number of allylic oxidation sites excluding steroid dienone is 1. The Morgan fingerprint density at radius 2 is 1.81 bits per heavy atom. The molecule has 0 spiro atoms. The van der Waals surface area contributed by atoms with Crippen LogP contribution in [0.5, 0.6) is 0 Å².